The second-order valence-corrected chi connectivity index (χ2v) is 5.28. The van der Waals surface area contributed by atoms with Gasteiger partial charge in [-0.2, -0.15) is 0 Å². The molecule has 116 valence electrons. The zero-order valence-electron chi connectivity index (χ0n) is 11.6. The highest BCUT2D eigenvalue weighted by molar-refractivity contribution is 6.06. The number of hydrogen-bond donors (Lipinski definition) is 1. The van der Waals surface area contributed by atoms with E-state index in [0.29, 0.717) is 19.8 Å². The summed E-state index contributed by atoms with van der Waals surface area (Å²) in [4.78, 5) is 25.8. The molecule has 2 saturated heterocycles. The predicted molar refractivity (Wildman–Crippen MR) is 70.2 cm³/mol. The summed E-state index contributed by atoms with van der Waals surface area (Å²) in [7, 11) is 0. The van der Waals surface area contributed by atoms with Crippen LogP contribution in [0.1, 0.15) is 0 Å². The Morgan fingerprint density at radius 1 is 1.00 bits per heavy atom. The minimum absolute atomic E-state index is 0.0159. The molecule has 0 aromatic carbocycles. The Balaban J connectivity index is 1.43. The largest absolute Gasteiger partial charge is 0.394 e. The summed E-state index contributed by atoms with van der Waals surface area (Å²) in [6, 6.07) is 0. The zero-order chi connectivity index (χ0) is 14.8. The Bertz CT molecular complexity index is 421. The highest BCUT2D eigenvalue weighted by Gasteiger charge is 2.60. The van der Waals surface area contributed by atoms with Crippen LogP contribution in [0.3, 0.4) is 0 Å². The molecule has 4 unspecified atom stereocenters. The van der Waals surface area contributed by atoms with Crippen LogP contribution in [0.15, 0.2) is 12.2 Å². The van der Waals surface area contributed by atoms with Crippen LogP contribution in [0, 0.1) is 11.8 Å². The van der Waals surface area contributed by atoms with E-state index >= 15 is 0 Å². The topological polar surface area (TPSA) is 85.3 Å². The van der Waals surface area contributed by atoms with Crippen molar-refractivity contribution in [1.82, 2.24) is 4.90 Å². The summed E-state index contributed by atoms with van der Waals surface area (Å²) in [6.07, 6.45) is 3.26. The van der Waals surface area contributed by atoms with Crippen LogP contribution in [-0.2, 0) is 23.8 Å². The molecule has 4 atom stereocenters. The molecule has 21 heavy (non-hydrogen) atoms. The quantitative estimate of drug-likeness (QED) is 0.350. The fourth-order valence-electron chi connectivity index (χ4n) is 3.13. The molecular weight excluding hydrogens is 278 g/mol. The van der Waals surface area contributed by atoms with Gasteiger partial charge in [0.2, 0.25) is 11.8 Å². The Labute approximate surface area is 122 Å². The van der Waals surface area contributed by atoms with Gasteiger partial charge in [0.25, 0.3) is 0 Å². The Hall–Kier alpha value is -1.28. The van der Waals surface area contributed by atoms with Crippen LogP contribution in [0.2, 0.25) is 0 Å². The number of rotatable bonds is 8. The van der Waals surface area contributed by atoms with Crippen LogP contribution in [-0.4, -0.2) is 73.6 Å². The standard InChI is InChI=1S/C14H19NO6/c16-4-6-20-8-7-19-5-3-15-13(17)11-9-1-2-10(21-9)12(11)14(15)18/h1-2,9-12,16H,3-8H2. The lowest BCUT2D eigenvalue weighted by Gasteiger charge is -2.17. The van der Waals surface area contributed by atoms with Gasteiger partial charge in [-0.25, -0.2) is 0 Å². The first-order chi connectivity index (χ1) is 10.2. The SMILES string of the molecule is O=C1C2C3C=CC(O3)C2C(=O)N1CCOCCOCCO. The first kappa shape index (κ1) is 14.6. The average molecular weight is 297 g/mol. The third-order valence-electron chi connectivity index (χ3n) is 4.07. The van der Waals surface area contributed by atoms with Gasteiger partial charge in [-0.1, -0.05) is 12.2 Å². The average Bonchev–Trinajstić information content (AvgIpc) is 3.15. The molecule has 0 saturated carbocycles. The van der Waals surface area contributed by atoms with Crippen LogP contribution in [0.25, 0.3) is 0 Å². The first-order valence-corrected chi connectivity index (χ1v) is 7.19. The van der Waals surface area contributed by atoms with Crippen LogP contribution in [0.4, 0.5) is 0 Å². The maximum absolute atomic E-state index is 12.3. The molecule has 0 spiro atoms. The molecule has 7 nitrogen and oxygen atoms in total. The third-order valence-corrected chi connectivity index (χ3v) is 4.07. The number of hydrogen-bond acceptors (Lipinski definition) is 6. The highest BCUT2D eigenvalue weighted by atomic mass is 16.5. The lowest BCUT2D eigenvalue weighted by atomic mass is 9.85. The van der Waals surface area contributed by atoms with E-state index in [1.54, 1.807) is 0 Å². The maximum Gasteiger partial charge on any atom is 0.236 e. The van der Waals surface area contributed by atoms with Crippen molar-refractivity contribution < 1.29 is 28.9 Å². The lowest BCUT2D eigenvalue weighted by Crippen LogP contribution is -2.37. The van der Waals surface area contributed by atoms with E-state index < -0.39 is 0 Å². The molecule has 2 fully saturated rings. The molecule has 0 aromatic rings. The summed E-state index contributed by atoms with van der Waals surface area (Å²) in [6.45, 7) is 1.59. The van der Waals surface area contributed by atoms with Crippen molar-refractivity contribution in [2.24, 2.45) is 11.8 Å². The van der Waals surface area contributed by atoms with Crippen molar-refractivity contribution in [3.63, 3.8) is 0 Å². The van der Waals surface area contributed by atoms with E-state index in [1.165, 1.54) is 4.90 Å². The molecule has 3 aliphatic heterocycles. The number of amides is 2. The van der Waals surface area contributed by atoms with Crippen molar-refractivity contribution in [1.29, 1.82) is 0 Å². The number of carbonyl (C=O) groups excluding carboxylic acids is 2. The highest BCUT2D eigenvalue weighted by Crippen LogP contribution is 2.44. The zero-order valence-corrected chi connectivity index (χ0v) is 11.6. The van der Waals surface area contributed by atoms with Crippen molar-refractivity contribution >= 4 is 11.8 Å². The first-order valence-electron chi connectivity index (χ1n) is 7.19. The van der Waals surface area contributed by atoms with Gasteiger partial charge >= 0.3 is 0 Å². The molecule has 0 aromatic heterocycles. The maximum atomic E-state index is 12.3. The smallest absolute Gasteiger partial charge is 0.236 e. The monoisotopic (exact) mass is 297 g/mol. The molecule has 2 bridgehead atoms. The molecule has 0 aliphatic carbocycles. The lowest BCUT2D eigenvalue weighted by molar-refractivity contribution is -0.143. The minimum atomic E-state index is -0.347. The van der Waals surface area contributed by atoms with Crippen molar-refractivity contribution in [3.05, 3.63) is 12.2 Å². The van der Waals surface area contributed by atoms with Crippen molar-refractivity contribution in [2.75, 3.05) is 39.6 Å². The second kappa shape index (κ2) is 6.23. The molecule has 0 radical (unpaired) electrons. The summed E-state index contributed by atoms with van der Waals surface area (Å²) in [5.41, 5.74) is 0. The molecule has 3 heterocycles. The number of likely N-dealkylation sites (tertiary alicyclic amines) is 1. The van der Waals surface area contributed by atoms with Crippen molar-refractivity contribution in [2.45, 2.75) is 12.2 Å². The molecule has 1 N–H and O–H groups in total. The summed E-state index contributed by atoms with van der Waals surface area (Å²) in [5.74, 6) is -0.996. The van der Waals surface area contributed by atoms with Crippen molar-refractivity contribution in [3.8, 4) is 0 Å². The van der Waals surface area contributed by atoms with Crippen LogP contribution < -0.4 is 0 Å². The number of nitrogens with zero attached hydrogens (tertiary/aromatic N) is 1. The summed E-state index contributed by atoms with van der Waals surface area (Å²) >= 11 is 0. The van der Waals surface area contributed by atoms with Gasteiger partial charge < -0.3 is 19.3 Å². The molecular formula is C14H19NO6. The van der Waals surface area contributed by atoms with Gasteiger partial charge in [0.05, 0.1) is 63.6 Å². The number of aliphatic hydroxyl groups excluding tert-OH is 1. The van der Waals surface area contributed by atoms with E-state index in [0.717, 1.165) is 0 Å². The molecule has 2 amide bonds. The van der Waals surface area contributed by atoms with Gasteiger partial charge in [0, 0.05) is 0 Å². The molecule has 3 aliphatic rings. The molecule has 7 heteroatoms. The van der Waals surface area contributed by atoms with E-state index in [1.807, 2.05) is 12.2 Å². The van der Waals surface area contributed by atoms with Gasteiger partial charge in [-0.15, -0.1) is 0 Å². The number of ether oxygens (including phenoxy) is 3. The fraction of sp³-hybridized carbons (Fsp3) is 0.714. The van der Waals surface area contributed by atoms with E-state index in [9.17, 15) is 9.59 Å². The van der Waals surface area contributed by atoms with Gasteiger partial charge in [0.1, 0.15) is 0 Å². The summed E-state index contributed by atoms with van der Waals surface area (Å²) in [5, 5.41) is 8.53. The number of imide groups is 1. The van der Waals surface area contributed by atoms with E-state index in [-0.39, 0.29) is 55.6 Å². The van der Waals surface area contributed by atoms with Crippen LogP contribution in [0.5, 0.6) is 0 Å². The Morgan fingerprint density at radius 3 is 2.14 bits per heavy atom. The Kier molecular flexibility index (Phi) is 4.34. The number of aliphatic hydroxyl groups is 1. The second-order valence-electron chi connectivity index (χ2n) is 5.28. The van der Waals surface area contributed by atoms with Crippen LogP contribution >= 0.6 is 0 Å². The minimum Gasteiger partial charge on any atom is -0.394 e. The van der Waals surface area contributed by atoms with E-state index in [4.69, 9.17) is 19.3 Å². The fourth-order valence-corrected chi connectivity index (χ4v) is 3.13. The molecule has 3 rings (SSSR count). The van der Waals surface area contributed by atoms with E-state index in [2.05, 4.69) is 0 Å². The van der Waals surface area contributed by atoms with Gasteiger partial charge in [0.15, 0.2) is 0 Å². The Morgan fingerprint density at radius 2 is 1.57 bits per heavy atom. The third kappa shape index (κ3) is 2.62. The predicted octanol–water partition coefficient (Wildman–Crippen LogP) is -1.05. The van der Waals surface area contributed by atoms with Gasteiger partial charge in [-0.05, 0) is 0 Å². The number of fused-ring (bicyclic) bond motifs is 5. The normalized spacial score (nSPS) is 33.3. The number of carbonyl (C=O) groups is 2. The van der Waals surface area contributed by atoms with Gasteiger partial charge in [-0.3, -0.25) is 14.5 Å². The summed E-state index contributed by atoms with van der Waals surface area (Å²) < 4.78 is 15.9.